The Morgan fingerprint density at radius 2 is 2.10 bits per heavy atom. The van der Waals surface area contributed by atoms with Crippen molar-refractivity contribution in [2.45, 2.75) is 31.3 Å². The van der Waals surface area contributed by atoms with Crippen LogP contribution in [0.2, 0.25) is 0 Å². The van der Waals surface area contributed by atoms with Crippen molar-refractivity contribution < 1.29 is 0 Å². The summed E-state index contributed by atoms with van der Waals surface area (Å²) < 4.78 is 2.18. The summed E-state index contributed by atoms with van der Waals surface area (Å²) in [5, 5.41) is 5.68. The molecule has 21 heavy (non-hydrogen) atoms. The van der Waals surface area contributed by atoms with Crippen molar-refractivity contribution in [3.63, 3.8) is 0 Å². The number of fused-ring (bicyclic) bond motifs is 1. The quantitative estimate of drug-likeness (QED) is 0.712. The number of hydrogen-bond donors (Lipinski definition) is 1. The van der Waals surface area contributed by atoms with Crippen LogP contribution >= 0.6 is 23.1 Å². The van der Waals surface area contributed by atoms with Gasteiger partial charge in [0.15, 0.2) is 4.96 Å². The summed E-state index contributed by atoms with van der Waals surface area (Å²) in [6, 6.07) is 9.09. The lowest BCUT2D eigenvalue weighted by atomic mass is 10.1. The molecule has 0 aliphatic carbocycles. The van der Waals surface area contributed by atoms with Gasteiger partial charge in [-0.15, -0.1) is 23.1 Å². The molecule has 0 fully saturated rings. The summed E-state index contributed by atoms with van der Waals surface area (Å²) >= 11 is 3.45. The van der Waals surface area contributed by atoms with E-state index in [1.54, 1.807) is 23.1 Å². The Balaban J connectivity index is 1.71. The molecule has 1 N–H and O–H groups in total. The lowest BCUT2D eigenvalue weighted by Crippen LogP contribution is -2.19. The van der Waals surface area contributed by atoms with Gasteiger partial charge in [-0.3, -0.25) is 4.40 Å². The van der Waals surface area contributed by atoms with Crippen LogP contribution in [0.4, 0.5) is 0 Å². The second-order valence-electron chi connectivity index (χ2n) is 5.08. The van der Waals surface area contributed by atoms with Gasteiger partial charge in [-0.05, 0) is 37.8 Å². The Morgan fingerprint density at radius 3 is 2.81 bits per heavy atom. The van der Waals surface area contributed by atoms with Gasteiger partial charge in [0.25, 0.3) is 0 Å². The number of nitrogens with zero attached hydrogens (tertiary/aromatic N) is 2. The molecule has 1 unspecified atom stereocenters. The molecule has 0 bridgehead atoms. The van der Waals surface area contributed by atoms with Gasteiger partial charge in [-0.25, -0.2) is 4.98 Å². The number of aryl methyl sites for hydroxylation is 1. The number of hydrogen-bond acceptors (Lipinski definition) is 4. The van der Waals surface area contributed by atoms with Crippen molar-refractivity contribution in [2.75, 3.05) is 6.26 Å². The van der Waals surface area contributed by atoms with Gasteiger partial charge in [-0.1, -0.05) is 12.1 Å². The third-order valence-corrected chi connectivity index (χ3v) is 5.25. The smallest absolute Gasteiger partial charge is 0.194 e. The molecule has 3 rings (SSSR count). The van der Waals surface area contributed by atoms with Gasteiger partial charge in [0.1, 0.15) is 0 Å². The van der Waals surface area contributed by atoms with E-state index in [0.717, 1.165) is 17.2 Å². The van der Waals surface area contributed by atoms with Gasteiger partial charge in [0, 0.05) is 29.1 Å². The minimum absolute atomic E-state index is 0.324. The number of imidazole rings is 1. The van der Waals surface area contributed by atoms with Crippen LogP contribution in [-0.4, -0.2) is 15.6 Å². The molecule has 0 spiro atoms. The highest BCUT2D eigenvalue weighted by Crippen LogP contribution is 2.20. The molecule has 2 aromatic heterocycles. The topological polar surface area (TPSA) is 29.3 Å². The summed E-state index contributed by atoms with van der Waals surface area (Å²) in [6.07, 6.45) is 4.19. The van der Waals surface area contributed by atoms with Crippen LogP contribution in [-0.2, 0) is 6.54 Å². The number of thioether (sulfide) groups is 1. The minimum Gasteiger partial charge on any atom is -0.305 e. The molecule has 110 valence electrons. The largest absolute Gasteiger partial charge is 0.305 e. The number of thiazole rings is 1. The maximum absolute atomic E-state index is 4.59. The highest BCUT2D eigenvalue weighted by molar-refractivity contribution is 7.98. The van der Waals surface area contributed by atoms with E-state index in [-0.39, 0.29) is 0 Å². The zero-order valence-corrected chi connectivity index (χ0v) is 14.1. The van der Waals surface area contributed by atoms with Crippen molar-refractivity contribution in [3.05, 3.63) is 52.8 Å². The third-order valence-electron chi connectivity index (χ3n) is 3.75. The molecule has 0 radical (unpaired) electrons. The molecule has 0 aliphatic rings. The fourth-order valence-electron chi connectivity index (χ4n) is 2.41. The molecule has 2 heterocycles. The second kappa shape index (κ2) is 6.22. The molecule has 1 atom stereocenters. The highest BCUT2D eigenvalue weighted by Gasteiger charge is 2.11. The SMILES string of the molecule is CSc1ccc(C(C)NCc2c(C)nc3sccn23)cc1. The minimum atomic E-state index is 0.324. The first-order valence-electron chi connectivity index (χ1n) is 6.97. The van der Waals surface area contributed by atoms with E-state index < -0.39 is 0 Å². The summed E-state index contributed by atoms with van der Waals surface area (Å²) in [4.78, 5) is 6.96. The first-order chi connectivity index (χ1) is 10.2. The van der Waals surface area contributed by atoms with Crippen LogP contribution < -0.4 is 5.32 Å². The van der Waals surface area contributed by atoms with E-state index in [9.17, 15) is 0 Å². The van der Waals surface area contributed by atoms with Gasteiger partial charge in [-0.2, -0.15) is 0 Å². The molecule has 5 heteroatoms. The molecule has 3 aromatic rings. The Kier molecular flexibility index (Phi) is 4.33. The number of nitrogens with one attached hydrogen (secondary N) is 1. The van der Waals surface area contributed by atoms with Crippen LogP contribution in [0.3, 0.4) is 0 Å². The number of aromatic nitrogens is 2. The molecule has 0 saturated carbocycles. The highest BCUT2D eigenvalue weighted by atomic mass is 32.2. The second-order valence-corrected chi connectivity index (χ2v) is 6.83. The van der Waals surface area contributed by atoms with Crippen LogP contribution in [0.15, 0.2) is 40.7 Å². The van der Waals surface area contributed by atoms with Gasteiger partial charge < -0.3 is 5.32 Å². The van der Waals surface area contributed by atoms with E-state index in [0.29, 0.717) is 6.04 Å². The van der Waals surface area contributed by atoms with E-state index in [2.05, 4.69) is 70.6 Å². The lowest BCUT2D eigenvalue weighted by Gasteiger charge is -2.14. The third kappa shape index (κ3) is 3.00. The average molecular weight is 317 g/mol. The number of benzene rings is 1. The molecule has 1 aromatic carbocycles. The number of rotatable bonds is 5. The van der Waals surface area contributed by atoms with Crippen LogP contribution in [0.1, 0.15) is 29.9 Å². The Labute approximate surface area is 133 Å². The monoisotopic (exact) mass is 317 g/mol. The zero-order valence-electron chi connectivity index (χ0n) is 12.5. The fourth-order valence-corrected chi connectivity index (χ4v) is 3.60. The lowest BCUT2D eigenvalue weighted by molar-refractivity contribution is 0.564. The zero-order chi connectivity index (χ0) is 14.8. The standard InChI is InChI=1S/C16H19N3S2/c1-11(13-4-6-14(20-3)7-5-13)17-10-15-12(2)18-16-19(15)8-9-21-16/h4-9,11,17H,10H2,1-3H3. The summed E-state index contributed by atoms with van der Waals surface area (Å²) in [6.45, 7) is 5.11. The fraction of sp³-hybridized carbons (Fsp3) is 0.312. The van der Waals surface area contributed by atoms with Gasteiger partial charge >= 0.3 is 0 Å². The van der Waals surface area contributed by atoms with Crippen molar-refractivity contribution in [1.82, 2.24) is 14.7 Å². The van der Waals surface area contributed by atoms with E-state index in [1.165, 1.54) is 16.2 Å². The predicted octanol–water partition coefficient (Wildman–Crippen LogP) is 4.28. The molecular weight excluding hydrogens is 298 g/mol. The Bertz CT molecular complexity index is 728. The Hall–Kier alpha value is -1.30. The maximum Gasteiger partial charge on any atom is 0.194 e. The van der Waals surface area contributed by atoms with Crippen molar-refractivity contribution >= 4 is 28.1 Å². The van der Waals surface area contributed by atoms with Crippen molar-refractivity contribution in [3.8, 4) is 0 Å². The molecule has 0 amide bonds. The van der Waals surface area contributed by atoms with Crippen LogP contribution in [0.5, 0.6) is 0 Å². The molecular formula is C16H19N3S2. The molecule has 3 nitrogen and oxygen atoms in total. The first-order valence-corrected chi connectivity index (χ1v) is 9.08. The van der Waals surface area contributed by atoms with Crippen LogP contribution in [0, 0.1) is 6.92 Å². The predicted molar refractivity (Wildman–Crippen MR) is 91.3 cm³/mol. The van der Waals surface area contributed by atoms with Gasteiger partial charge in [0.2, 0.25) is 0 Å². The molecule has 0 saturated heterocycles. The average Bonchev–Trinajstić information content (AvgIpc) is 3.06. The summed E-state index contributed by atoms with van der Waals surface area (Å²) in [5.74, 6) is 0. The van der Waals surface area contributed by atoms with E-state index in [4.69, 9.17) is 0 Å². The first kappa shape index (κ1) is 14.6. The van der Waals surface area contributed by atoms with E-state index in [1.807, 2.05) is 0 Å². The van der Waals surface area contributed by atoms with E-state index >= 15 is 0 Å². The molecule has 0 aliphatic heterocycles. The Morgan fingerprint density at radius 1 is 1.33 bits per heavy atom. The van der Waals surface area contributed by atoms with Crippen molar-refractivity contribution in [2.24, 2.45) is 0 Å². The summed E-state index contributed by atoms with van der Waals surface area (Å²) in [5.41, 5.74) is 3.68. The van der Waals surface area contributed by atoms with Crippen molar-refractivity contribution in [1.29, 1.82) is 0 Å². The normalized spacial score (nSPS) is 12.9. The summed E-state index contributed by atoms with van der Waals surface area (Å²) in [7, 11) is 0. The maximum atomic E-state index is 4.59. The van der Waals surface area contributed by atoms with Gasteiger partial charge in [0.05, 0.1) is 11.4 Å². The van der Waals surface area contributed by atoms with Crippen LogP contribution in [0.25, 0.3) is 4.96 Å².